The third kappa shape index (κ3) is 5.89. The van der Waals surface area contributed by atoms with E-state index in [1.807, 2.05) is 24.3 Å². The lowest BCUT2D eigenvalue weighted by atomic mass is 10.1. The number of hydrogen-bond acceptors (Lipinski definition) is 2. The van der Waals surface area contributed by atoms with E-state index in [2.05, 4.69) is 14.1 Å². The van der Waals surface area contributed by atoms with Crippen LogP contribution >= 0.6 is 0 Å². The topological polar surface area (TPSA) is 34.0 Å². The average molecular weight is 273 g/mol. The maximum Gasteiger partial charge on any atom is 0.414 e. The minimum Gasteiger partial charge on any atom is -1.00 e. The summed E-state index contributed by atoms with van der Waals surface area (Å²) >= 11 is 0. The fourth-order valence-corrected chi connectivity index (χ4v) is 1.31. The standard InChI is InChI=1S/C13H20N2O2.ClH/c1-14(2)10-9-11-5-7-12(8-6-11)17-13(16)15(3)4;/h5-8H,9-10H2,1-4H3;1H. The zero-order valence-corrected chi connectivity index (χ0v) is 12.1. The molecule has 1 aromatic rings. The molecule has 0 fully saturated rings. The Morgan fingerprint density at radius 2 is 1.78 bits per heavy atom. The lowest BCUT2D eigenvalue weighted by Crippen LogP contribution is -3.05. The van der Waals surface area contributed by atoms with Crippen LogP contribution in [0.4, 0.5) is 4.79 Å². The second-order valence-corrected chi connectivity index (χ2v) is 4.61. The van der Waals surface area contributed by atoms with Crippen molar-refractivity contribution in [3.63, 3.8) is 0 Å². The highest BCUT2D eigenvalue weighted by molar-refractivity contribution is 5.69. The van der Waals surface area contributed by atoms with Crippen molar-refractivity contribution in [3.05, 3.63) is 29.8 Å². The van der Waals surface area contributed by atoms with Crippen molar-refractivity contribution in [3.8, 4) is 5.75 Å². The molecule has 5 heteroatoms. The number of quaternary nitrogens is 1. The van der Waals surface area contributed by atoms with E-state index in [4.69, 9.17) is 4.74 Å². The predicted octanol–water partition coefficient (Wildman–Crippen LogP) is -2.56. The molecule has 4 nitrogen and oxygen atoms in total. The highest BCUT2D eigenvalue weighted by Gasteiger charge is 2.06. The first-order valence-electron chi connectivity index (χ1n) is 5.76. The molecule has 0 aromatic heterocycles. The molecule has 0 aliphatic heterocycles. The number of halogens is 1. The van der Waals surface area contributed by atoms with E-state index in [1.54, 1.807) is 14.1 Å². The van der Waals surface area contributed by atoms with Crippen molar-refractivity contribution in [2.24, 2.45) is 0 Å². The highest BCUT2D eigenvalue weighted by atomic mass is 35.5. The summed E-state index contributed by atoms with van der Waals surface area (Å²) < 4.78 is 5.14. The Kier molecular flexibility index (Phi) is 7.39. The third-order valence-corrected chi connectivity index (χ3v) is 2.41. The number of nitrogens with one attached hydrogen (secondary N) is 1. The zero-order valence-electron chi connectivity index (χ0n) is 11.4. The average Bonchev–Trinajstić information content (AvgIpc) is 2.28. The number of hydrogen-bond donors (Lipinski definition) is 1. The van der Waals surface area contributed by atoms with Gasteiger partial charge in [-0.25, -0.2) is 4.79 Å². The van der Waals surface area contributed by atoms with E-state index < -0.39 is 0 Å². The number of rotatable bonds is 4. The van der Waals surface area contributed by atoms with Gasteiger partial charge in [-0.3, -0.25) is 0 Å². The molecule has 0 atom stereocenters. The molecule has 1 amide bonds. The zero-order chi connectivity index (χ0) is 12.8. The van der Waals surface area contributed by atoms with Crippen molar-refractivity contribution < 1.29 is 26.8 Å². The Balaban J connectivity index is 0.00000289. The first kappa shape index (κ1) is 16.7. The summed E-state index contributed by atoms with van der Waals surface area (Å²) in [5.74, 6) is 0.588. The minimum absolute atomic E-state index is 0. The van der Waals surface area contributed by atoms with Crippen molar-refractivity contribution in [2.45, 2.75) is 6.42 Å². The number of carbonyl (C=O) groups is 1. The number of ether oxygens (including phenoxy) is 1. The molecule has 0 bridgehead atoms. The second-order valence-electron chi connectivity index (χ2n) is 4.61. The van der Waals surface area contributed by atoms with Gasteiger partial charge in [-0.2, -0.15) is 0 Å². The predicted molar refractivity (Wildman–Crippen MR) is 67.5 cm³/mol. The smallest absolute Gasteiger partial charge is 0.414 e. The third-order valence-electron chi connectivity index (χ3n) is 2.41. The number of carbonyl (C=O) groups excluding carboxylic acids is 1. The molecular weight excluding hydrogens is 252 g/mol. The number of likely N-dealkylation sites (N-methyl/N-ethyl adjacent to an activating group) is 1. The molecule has 18 heavy (non-hydrogen) atoms. The second kappa shape index (κ2) is 7.95. The van der Waals surface area contributed by atoms with Gasteiger partial charge in [0.25, 0.3) is 0 Å². The summed E-state index contributed by atoms with van der Waals surface area (Å²) in [6, 6.07) is 7.67. The lowest BCUT2D eigenvalue weighted by Gasteiger charge is -2.11. The van der Waals surface area contributed by atoms with E-state index in [1.165, 1.54) is 15.4 Å². The first-order valence-corrected chi connectivity index (χ1v) is 5.76. The van der Waals surface area contributed by atoms with Crippen LogP contribution in [0.15, 0.2) is 24.3 Å². The molecule has 1 rings (SSSR count). The molecule has 1 aromatic carbocycles. The lowest BCUT2D eigenvalue weighted by molar-refractivity contribution is -0.858. The van der Waals surface area contributed by atoms with Crippen LogP contribution in [0.5, 0.6) is 5.75 Å². The van der Waals surface area contributed by atoms with Gasteiger partial charge in [-0.1, -0.05) is 12.1 Å². The van der Waals surface area contributed by atoms with E-state index in [0.717, 1.165) is 13.0 Å². The Morgan fingerprint density at radius 1 is 1.22 bits per heavy atom. The van der Waals surface area contributed by atoms with Gasteiger partial charge >= 0.3 is 6.09 Å². The SMILES string of the molecule is CN(C)C(=O)Oc1ccc(CC[NH+](C)C)cc1.[Cl-]. The largest absolute Gasteiger partial charge is 1.00 e. The molecule has 0 heterocycles. The number of benzene rings is 1. The molecule has 1 N–H and O–H groups in total. The quantitative estimate of drug-likeness (QED) is 0.654. The van der Waals surface area contributed by atoms with Crippen LogP contribution in [0.1, 0.15) is 5.56 Å². The molecule has 0 spiro atoms. The highest BCUT2D eigenvalue weighted by Crippen LogP contribution is 2.13. The Morgan fingerprint density at radius 3 is 2.22 bits per heavy atom. The number of nitrogens with zero attached hydrogens (tertiary/aromatic N) is 1. The van der Waals surface area contributed by atoms with Gasteiger partial charge in [0.05, 0.1) is 20.6 Å². The maximum atomic E-state index is 11.3. The molecule has 102 valence electrons. The summed E-state index contributed by atoms with van der Waals surface area (Å²) in [7, 11) is 7.59. The van der Waals surface area contributed by atoms with Crippen LogP contribution in [-0.2, 0) is 6.42 Å². The summed E-state index contributed by atoms with van der Waals surface area (Å²) in [5.41, 5.74) is 1.26. The molecule has 0 unspecified atom stereocenters. The van der Waals surface area contributed by atoms with Crippen molar-refractivity contribution in [1.29, 1.82) is 0 Å². The van der Waals surface area contributed by atoms with Gasteiger partial charge in [0.2, 0.25) is 0 Å². The molecule has 0 aliphatic carbocycles. The monoisotopic (exact) mass is 272 g/mol. The van der Waals surface area contributed by atoms with Gasteiger partial charge in [0, 0.05) is 20.5 Å². The van der Waals surface area contributed by atoms with E-state index in [0.29, 0.717) is 5.75 Å². The Hall–Kier alpha value is -1.26. The van der Waals surface area contributed by atoms with Crippen molar-refractivity contribution in [2.75, 3.05) is 34.7 Å². The van der Waals surface area contributed by atoms with E-state index in [-0.39, 0.29) is 18.5 Å². The Bertz CT molecular complexity index is 364. The summed E-state index contributed by atoms with van der Waals surface area (Å²) in [6.07, 6.45) is 0.681. The molecule has 0 aliphatic rings. The van der Waals surface area contributed by atoms with Gasteiger partial charge in [-0.15, -0.1) is 0 Å². The fraction of sp³-hybridized carbons (Fsp3) is 0.462. The van der Waals surface area contributed by atoms with Gasteiger partial charge in [0.1, 0.15) is 5.75 Å². The summed E-state index contributed by atoms with van der Waals surface area (Å²) in [6.45, 7) is 1.09. The normalized spacial score (nSPS) is 9.83. The summed E-state index contributed by atoms with van der Waals surface area (Å²) in [4.78, 5) is 14.1. The van der Waals surface area contributed by atoms with Crippen LogP contribution in [-0.4, -0.2) is 45.7 Å². The van der Waals surface area contributed by atoms with Crippen molar-refractivity contribution >= 4 is 6.09 Å². The molecular formula is C13H21ClN2O2. The molecule has 0 saturated heterocycles. The summed E-state index contributed by atoms with van der Waals surface area (Å²) in [5, 5.41) is 0. The van der Waals surface area contributed by atoms with Crippen LogP contribution in [0.2, 0.25) is 0 Å². The van der Waals surface area contributed by atoms with Crippen LogP contribution in [0.3, 0.4) is 0 Å². The van der Waals surface area contributed by atoms with E-state index >= 15 is 0 Å². The van der Waals surface area contributed by atoms with Gasteiger partial charge < -0.3 is 26.9 Å². The Labute approximate surface area is 115 Å². The van der Waals surface area contributed by atoms with Gasteiger partial charge in [0.15, 0.2) is 0 Å². The minimum atomic E-state index is -0.351. The van der Waals surface area contributed by atoms with Crippen LogP contribution < -0.4 is 22.0 Å². The van der Waals surface area contributed by atoms with Crippen LogP contribution in [0.25, 0.3) is 0 Å². The van der Waals surface area contributed by atoms with Crippen LogP contribution in [0, 0.1) is 0 Å². The maximum absolute atomic E-state index is 11.3. The molecule has 0 radical (unpaired) electrons. The molecule has 0 saturated carbocycles. The first-order chi connectivity index (χ1) is 7.99. The van der Waals surface area contributed by atoms with Crippen molar-refractivity contribution in [1.82, 2.24) is 4.90 Å². The van der Waals surface area contributed by atoms with Gasteiger partial charge in [-0.05, 0) is 17.7 Å². The number of amides is 1. The van der Waals surface area contributed by atoms with E-state index in [9.17, 15) is 4.79 Å². The fourth-order valence-electron chi connectivity index (χ4n) is 1.31.